The third kappa shape index (κ3) is 5.73. The number of hydrogen-bond donors (Lipinski definition) is 1. The van der Waals surface area contributed by atoms with Gasteiger partial charge in [-0.3, -0.25) is 0 Å². The van der Waals surface area contributed by atoms with Crippen LogP contribution in [0.5, 0.6) is 5.75 Å². The molecule has 0 radical (unpaired) electrons. The normalized spacial score (nSPS) is 8.36. The molecule has 0 atom stereocenters. The quantitative estimate of drug-likeness (QED) is 0.641. The van der Waals surface area contributed by atoms with Gasteiger partial charge in [-0.05, 0) is 43.5 Å². The smallest absolute Gasteiger partial charge is 0.118 e. The predicted molar refractivity (Wildman–Crippen MR) is 58.0 cm³/mol. The number of aryl methyl sites for hydroxylation is 3. The van der Waals surface area contributed by atoms with Crippen molar-refractivity contribution in [2.45, 2.75) is 34.6 Å². The molecule has 78 valence electrons. The summed E-state index contributed by atoms with van der Waals surface area (Å²) in [4.78, 5) is 0. The van der Waals surface area contributed by atoms with Crippen molar-refractivity contribution >= 4 is 0 Å². The number of phenolic OH excluding ortho intramolecular Hbond substituents is 1. The summed E-state index contributed by atoms with van der Waals surface area (Å²) in [7, 11) is 0. The maximum absolute atomic E-state index is 9.22. The summed E-state index contributed by atoms with van der Waals surface area (Å²) in [6.07, 6.45) is 2.00. The van der Waals surface area contributed by atoms with Crippen molar-refractivity contribution in [3.8, 4) is 5.75 Å². The number of aromatic hydroxyl groups is 1. The van der Waals surface area contributed by atoms with E-state index in [1.54, 1.807) is 6.07 Å². The number of rotatable bonds is 0. The van der Waals surface area contributed by atoms with Gasteiger partial charge < -0.3 is 11.5 Å². The molecule has 1 aromatic carbocycles. The minimum Gasteiger partial charge on any atom is -0.508 e. The summed E-state index contributed by atoms with van der Waals surface area (Å²) in [6, 6.07) is 3.79. The summed E-state index contributed by atoms with van der Waals surface area (Å²) in [5.41, 5.74) is 3.32. The van der Waals surface area contributed by atoms with Gasteiger partial charge in [0.1, 0.15) is 5.75 Å². The van der Waals surface area contributed by atoms with Gasteiger partial charge in [0.2, 0.25) is 0 Å². The van der Waals surface area contributed by atoms with Gasteiger partial charge in [-0.25, -0.2) is 0 Å². The summed E-state index contributed by atoms with van der Waals surface area (Å²) in [5.74, 6) is 0.392. The van der Waals surface area contributed by atoms with E-state index in [9.17, 15) is 5.11 Å². The first kappa shape index (κ1) is 16.5. The van der Waals surface area contributed by atoms with Crippen LogP contribution in [0.3, 0.4) is 0 Å². The fourth-order valence-electron chi connectivity index (χ4n) is 0.945. The van der Waals surface area contributed by atoms with Gasteiger partial charge in [0.15, 0.2) is 0 Å². The predicted octanol–water partition coefficient (Wildman–Crippen LogP) is 3.55. The molecule has 0 unspecified atom stereocenters. The zero-order chi connectivity index (χ0) is 10.4. The van der Waals surface area contributed by atoms with Gasteiger partial charge >= 0.3 is 0 Å². The van der Waals surface area contributed by atoms with E-state index >= 15 is 0 Å². The van der Waals surface area contributed by atoms with E-state index in [0.717, 1.165) is 11.1 Å². The van der Waals surface area contributed by atoms with Crippen molar-refractivity contribution < 1.29 is 36.2 Å². The molecular weight excluding hydrogens is 398 g/mol. The Kier molecular flexibility index (Phi) is 9.88. The molecule has 2 heteroatoms. The average Bonchev–Trinajstić information content (AvgIpc) is 2.03. The second kappa shape index (κ2) is 8.39. The maximum Gasteiger partial charge on any atom is 0.118 e. The zero-order valence-electron chi connectivity index (χ0n) is 9.68. The van der Waals surface area contributed by atoms with E-state index in [-0.39, 0.29) is 31.1 Å². The molecule has 1 rings (SSSR count). The SMILES string of the molecule is C[CH-]C.Cc1cc(C)c(O)cc1C.[U]. The topological polar surface area (TPSA) is 20.2 Å². The number of phenols is 1. The first-order valence-electron chi connectivity index (χ1n) is 4.53. The molecule has 1 nitrogen and oxygen atoms in total. The van der Waals surface area contributed by atoms with Crippen LogP contribution in [0.25, 0.3) is 0 Å². The Morgan fingerprint density at radius 2 is 1.29 bits per heavy atom. The summed E-state index contributed by atoms with van der Waals surface area (Å²) >= 11 is 0. The molecule has 1 aromatic rings. The Morgan fingerprint density at radius 3 is 1.64 bits per heavy atom. The number of benzene rings is 1. The summed E-state index contributed by atoms with van der Waals surface area (Å²) < 4.78 is 0. The molecule has 0 heterocycles. The molecule has 0 bridgehead atoms. The Morgan fingerprint density at radius 1 is 0.929 bits per heavy atom. The first-order valence-corrected chi connectivity index (χ1v) is 4.53. The second-order valence-corrected chi connectivity index (χ2v) is 3.30. The van der Waals surface area contributed by atoms with Crippen molar-refractivity contribution in [3.05, 3.63) is 35.2 Å². The van der Waals surface area contributed by atoms with Crippen LogP contribution in [0.15, 0.2) is 12.1 Å². The van der Waals surface area contributed by atoms with E-state index in [1.165, 1.54) is 5.56 Å². The molecule has 0 amide bonds. The molecule has 0 spiro atoms. The van der Waals surface area contributed by atoms with Crippen molar-refractivity contribution in [2.24, 2.45) is 0 Å². The van der Waals surface area contributed by atoms with E-state index in [1.807, 2.05) is 47.1 Å². The van der Waals surface area contributed by atoms with Crippen LogP contribution in [0.2, 0.25) is 0 Å². The van der Waals surface area contributed by atoms with Crippen molar-refractivity contribution in [1.82, 2.24) is 0 Å². The van der Waals surface area contributed by atoms with Crippen molar-refractivity contribution in [1.29, 1.82) is 0 Å². The molecule has 0 saturated heterocycles. The Balaban J connectivity index is 0. The third-order valence-electron chi connectivity index (χ3n) is 1.81. The van der Waals surface area contributed by atoms with Gasteiger partial charge in [0.05, 0.1) is 0 Å². The van der Waals surface area contributed by atoms with Crippen LogP contribution in [-0.4, -0.2) is 5.11 Å². The van der Waals surface area contributed by atoms with E-state index in [0.29, 0.717) is 5.75 Å². The molecule has 1 N–H and O–H groups in total. The van der Waals surface area contributed by atoms with Gasteiger partial charge in [0, 0.05) is 31.1 Å². The molecule has 0 fully saturated rings. The Labute approximate surface area is 111 Å². The third-order valence-corrected chi connectivity index (χ3v) is 1.81. The number of hydrogen-bond acceptors (Lipinski definition) is 1. The zero-order valence-corrected chi connectivity index (χ0v) is 13.8. The van der Waals surface area contributed by atoms with E-state index in [4.69, 9.17) is 0 Å². The largest absolute Gasteiger partial charge is 0.508 e. The van der Waals surface area contributed by atoms with Crippen LogP contribution in [0.4, 0.5) is 0 Å². The van der Waals surface area contributed by atoms with Crippen LogP contribution in [0.1, 0.15) is 30.5 Å². The van der Waals surface area contributed by atoms with Crippen molar-refractivity contribution in [3.63, 3.8) is 0 Å². The van der Waals surface area contributed by atoms with Gasteiger partial charge in [-0.1, -0.05) is 6.07 Å². The monoisotopic (exact) mass is 417 g/mol. The molecule has 0 saturated carbocycles. The van der Waals surface area contributed by atoms with Gasteiger partial charge in [-0.15, -0.1) is 0 Å². The van der Waals surface area contributed by atoms with Gasteiger partial charge in [-0.2, -0.15) is 13.8 Å². The van der Waals surface area contributed by atoms with E-state index < -0.39 is 0 Å². The Hall–Kier alpha value is 0.0719. The molecule has 0 aliphatic rings. The molecule has 0 aliphatic heterocycles. The van der Waals surface area contributed by atoms with Crippen LogP contribution in [0, 0.1) is 58.3 Å². The molecular formula is C12H19OU-. The minimum atomic E-state index is 0. The first-order chi connectivity index (χ1) is 6.02. The second-order valence-electron chi connectivity index (χ2n) is 3.30. The summed E-state index contributed by atoms with van der Waals surface area (Å²) in [5, 5.41) is 9.22. The van der Waals surface area contributed by atoms with Crippen molar-refractivity contribution in [2.75, 3.05) is 0 Å². The van der Waals surface area contributed by atoms with Crippen LogP contribution >= 0.6 is 0 Å². The average molecular weight is 417 g/mol. The molecule has 0 aliphatic carbocycles. The van der Waals surface area contributed by atoms with Crippen LogP contribution in [-0.2, 0) is 0 Å². The van der Waals surface area contributed by atoms with E-state index in [2.05, 4.69) is 0 Å². The van der Waals surface area contributed by atoms with Gasteiger partial charge in [0.25, 0.3) is 0 Å². The standard InChI is InChI=1S/C9H12O.C3H7.U/c1-6-4-8(3)9(10)5-7(6)2;1-3-2;/h4-5,10H,1-3H3;3H,1-2H3;/q;-1;. The minimum absolute atomic E-state index is 0. The fraction of sp³-hybridized carbons (Fsp3) is 0.417. The summed E-state index contributed by atoms with van der Waals surface area (Å²) in [6.45, 7) is 9.94. The van der Waals surface area contributed by atoms with Crippen LogP contribution < -0.4 is 0 Å². The Bertz CT molecular complexity index is 219. The molecule has 0 aromatic heterocycles. The fourth-order valence-corrected chi connectivity index (χ4v) is 0.945. The maximum atomic E-state index is 9.22. The molecule has 14 heavy (non-hydrogen) atoms.